The van der Waals surface area contributed by atoms with Crippen molar-refractivity contribution in [2.75, 3.05) is 6.54 Å². The van der Waals surface area contributed by atoms with E-state index in [9.17, 15) is 14.7 Å². The van der Waals surface area contributed by atoms with Crippen molar-refractivity contribution >= 4 is 11.9 Å². The molecule has 1 amide bonds. The van der Waals surface area contributed by atoms with Crippen molar-refractivity contribution < 1.29 is 14.7 Å². The maximum atomic E-state index is 11.8. The highest BCUT2D eigenvalue weighted by atomic mass is 16.4. The number of hydrogen-bond donors (Lipinski definition) is 2. The number of amides is 1. The van der Waals surface area contributed by atoms with E-state index < -0.39 is 11.4 Å². The van der Waals surface area contributed by atoms with Crippen molar-refractivity contribution in [2.45, 2.75) is 45.6 Å². The van der Waals surface area contributed by atoms with Gasteiger partial charge in [0.1, 0.15) is 12.7 Å². The number of carbonyl (C=O) groups excluding carboxylic acids is 1. The molecule has 0 bridgehead atoms. The Labute approximate surface area is 123 Å². The van der Waals surface area contributed by atoms with Crippen molar-refractivity contribution in [3.05, 3.63) is 12.7 Å². The molecule has 1 heterocycles. The molecule has 2 N–H and O–H groups in total. The first-order chi connectivity index (χ1) is 10.0. The average Bonchev–Trinajstić information content (AvgIpc) is 2.98. The van der Waals surface area contributed by atoms with Gasteiger partial charge in [0.05, 0.1) is 12.0 Å². The number of rotatable bonds is 6. The highest BCUT2D eigenvalue weighted by Crippen LogP contribution is 2.38. The van der Waals surface area contributed by atoms with Crippen LogP contribution < -0.4 is 5.32 Å². The van der Waals surface area contributed by atoms with Crippen LogP contribution in [0.5, 0.6) is 0 Å². The first kappa shape index (κ1) is 15.5. The second kappa shape index (κ2) is 6.69. The van der Waals surface area contributed by atoms with Gasteiger partial charge in [0.2, 0.25) is 5.91 Å². The van der Waals surface area contributed by atoms with E-state index >= 15 is 0 Å². The predicted molar refractivity (Wildman–Crippen MR) is 75.3 cm³/mol. The minimum atomic E-state index is -0.800. The first-order valence-corrected chi connectivity index (χ1v) is 7.34. The van der Waals surface area contributed by atoms with Gasteiger partial charge < -0.3 is 10.4 Å². The van der Waals surface area contributed by atoms with Crippen LogP contribution in [-0.4, -0.2) is 38.3 Å². The number of carboxylic acids is 1. The molecular weight excluding hydrogens is 272 g/mol. The molecule has 0 atom stereocenters. The highest BCUT2D eigenvalue weighted by Gasteiger charge is 2.41. The van der Waals surface area contributed by atoms with Gasteiger partial charge in [-0.05, 0) is 31.6 Å². The molecule has 1 fully saturated rings. The third-order valence-corrected chi connectivity index (χ3v) is 4.34. The van der Waals surface area contributed by atoms with Gasteiger partial charge in [-0.1, -0.05) is 6.92 Å². The topological polar surface area (TPSA) is 97.1 Å². The normalized spacial score (nSPS) is 25.5. The Kier molecular flexibility index (Phi) is 4.93. The van der Waals surface area contributed by atoms with Crippen molar-refractivity contribution in [1.82, 2.24) is 20.1 Å². The van der Waals surface area contributed by atoms with Crippen LogP contribution in [0.25, 0.3) is 0 Å². The summed E-state index contributed by atoms with van der Waals surface area (Å²) in [7, 11) is 0. The summed E-state index contributed by atoms with van der Waals surface area (Å²) in [5, 5.41) is 16.2. The molecule has 0 radical (unpaired) electrons. The van der Waals surface area contributed by atoms with Crippen molar-refractivity contribution in [2.24, 2.45) is 11.3 Å². The van der Waals surface area contributed by atoms with Crippen LogP contribution in [0, 0.1) is 11.3 Å². The molecule has 0 aromatic carbocycles. The van der Waals surface area contributed by atoms with Crippen molar-refractivity contribution in [1.29, 1.82) is 0 Å². The Morgan fingerprint density at radius 2 is 2.14 bits per heavy atom. The number of aryl methyl sites for hydroxylation is 1. The lowest BCUT2D eigenvalue weighted by atomic mass is 9.71. The van der Waals surface area contributed by atoms with E-state index in [-0.39, 0.29) is 18.9 Å². The zero-order valence-electron chi connectivity index (χ0n) is 12.3. The molecule has 21 heavy (non-hydrogen) atoms. The van der Waals surface area contributed by atoms with Gasteiger partial charge in [-0.25, -0.2) is 4.98 Å². The summed E-state index contributed by atoms with van der Waals surface area (Å²) in [6.07, 6.45) is 6.31. The molecule has 1 aliphatic carbocycles. The van der Waals surface area contributed by atoms with Gasteiger partial charge in [0.25, 0.3) is 0 Å². The second-order valence-corrected chi connectivity index (χ2v) is 5.95. The van der Waals surface area contributed by atoms with Crippen LogP contribution in [0.15, 0.2) is 12.7 Å². The van der Waals surface area contributed by atoms with Crippen LogP contribution in [-0.2, 0) is 16.1 Å². The quantitative estimate of drug-likeness (QED) is 0.818. The van der Waals surface area contributed by atoms with E-state index in [1.54, 1.807) is 11.0 Å². The van der Waals surface area contributed by atoms with Crippen LogP contribution >= 0.6 is 0 Å². The number of nitrogens with zero attached hydrogens (tertiary/aromatic N) is 3. The van der Waals surface area contributed by atoms with E-state index in [0.717, 1.165) is 12.8 Å². The lowest BCUT2D eigenvalue weighted by molar-refractivity contribution is -0.151. The summed E-state index contributed by atoms with van der Waals surface area (Å²) in [6.45, 7) is 2.80. The van der Waals surface area contributed by atoms with Crippen LogP contribution in [0.3, 0.4) is 0 Å². The SMILES string of the molecule is CC1CCC(CNC(=O)CCn2cncn2)(C(=O)O)CC1. The monoisotopic (exact) mass is 294 g/mol. The molecule has 0 spiro atoms. The maximum Gasteiger partial charge on any atom is 0.311 e. The van der Waals surface area contributed by atoms with Crippen LogP contribution in [0.1, 0.15) is 39.0 Å². The van der Waals surface area contributed by atoms with E-state index in [0.29, 0.717) is 25.3 Å². The maximum absolute atomic E-state index is 11.8. The number of aliphatic carboxylic acids is 1. The zero-order chi connectivity index (χ0) is 15.3. The fourth-order valence-electron chi connectivity index (χ4n) is 2.70. The molecule has 2 rings (SSSR count). The van der Waals surface area contributed by atoms with Gasteiger partial charge in [-0.3, -0.25) is 14.3 Å². The molecule has 1 saturated carbocycles. The third-order valence-electron chi connectivity index (χ3n) is 4.34. The molecule has 0 unspecified atom stereocenters. The molecular formula is C14H22N4O3. The molecule has 116 valence electrons. The van der Waals surface area contributed by atoms with Gasteiger partial charge in [-0.15, -0.1) is 0 Å². The minimum absolute atomic E-state index is 0.148. The average molecular weight is 294 g/mol. The molecule has 0 aliphatic heterocycles. The van der Waals surface area contributed by atoms with Crippen LogP contribution in [0.4, 0.5) is 0 Å². The lowest BCUT2D eigenvalue weighted by Gasteiger charge is -2.35. The fraction of sp³-hybridized carbons (Fsp3) is 0.714. The Morgan fingerprint density at radius 1 is 1.43 bits per heavy atom. The minimum Gasteiger partial charge on any atom is -0.481 e. The summed E-state index contributed by atoms with van der Waals surface area (Å²) in [4.78, 5) is 27.2. The van der Waals surface area contributed by atoms with Crippen molar-refractivity contribution in [3.63, 3.8) is 0 Å². The molecule has 1 aliphatic rings. The molecule has 1 aromatic rings. The third kappa shape index (κ3) is 4.03. The van der Waals surface area contributed by atoms with Gasteiger partial charge in [0, 0.05) is 13.0 Å². The van der Waals surface area contributed by atoms with E-state index in [4.69, 9.17) is 0 Å². The number of hydrogen-bond acceptors (Lipinski definition) is 4. The van der Waals surface area contributed by atoms with E-state index in [2.05, 4.69) is 22.3 Å². The number of carboxylic acid groups (broad SMARTS) is 1. The highest BCUT2D eigenvalue weighted by molar-refractivity contribution is 5.79. The molecule has 7 nitrogen and oxygen atoms in total. The standard InChI is InChI=1S/C14H22N4O3/c1-11-2-5-14(6-3-11,13(20)21)8-16-12(19)4-7-18-10-15-9-17-18/h9-11H,2-8H2,1H3,(H,16,19)(H,20,21). The Balaban J connectivity index is 1.81. The molecule has 7 heteroatoms. The first-order valence-electron chi connectivity index (χ1n) is 7.34. The van der Waals surface area contributed by atoms with E-state index in [1.165, 1.54) is 6.33 Å². The van der Waals surface area contributed by atoms with Gasteiger partial charge in [-0.2, -0.15) is 5.10 Å². The summed E-state index contributed by atoms with van der Waals surface area (Å²) in [5.41, 5.74) is -0.796. The number of aromatic nitrogens is 3. The van der Waals surface area contributed by atoms with Crippen molar-refractivity contribution in [3.8, 4) is 0 Å². The predicted octanol–water partition coefficient (Wildman–Crippen LogP) is 1.07. The summed E-state index contributed by atoms with van der Waals surface area (Å²) < 4.78 is 1.58. The Hall–Kier alpha value is -1.92. The Morgan fingerprint density at radius 3 is 2.71 bits per heavy atom. The summed E-state index contributed by atoms with van der Waals surface area (Å²) in [5.74, 6) is -0.379. The van der Waals surface area contributed by atoms with Gasteiger partial charge >= 0.3 is 5.97 Å². The smallest absolute Gasteiger partial charge is 0.311 e. The summed E-state index contributed by atoms with van der Waals surface area (Å²) in [6, 6.07) is 0. The summed E-state index contributed by atoms with van der Waals surface area (Å²) >= 11 is 0. The second-order valence-electron chi connectivity index (χ2n) is 5.95. The molecule has 1 aromatic heterocycles. The fourth-order valence-corrected chi connectivity index (χ4v) is 2.70. The van der Waals surface area contributed by atoms with Gasteiger partial charge in [0.15, 0.2) is 0 Å². The number of carbonyl (C=O) groups is 2. The largest absolute Gasteiger partial charge is 0.481 e. The van der Waals surface area contributed by atoms with Crippen LogP contribution in [0.2, 0.25) is 0 Å². The number of nitrogens with one attached hydrogen (secondary N) is 1. The van der Waals surface area contributed by atoms with E-state index in [1.807, 2.05) is 0 Å². The zero-order valence-corrected chi connectivity index (χ0v) is 12.3. The Bertz CT molecular complexity index is 478. The molecule has 0 saturated heterocycles. The lowest BCUT2D eigenvalue weighted by Crippen LogP contribution is -2.45.